The Morgan fingerprint density at radius 3 is 1.60 bits per heavy atom. The molecule has 6 aromatic carbocycles. The average molecular weight is 702 g/mol. The van der Waals surface area contributed by atoms with Crippen molar-refractivity contribution in [2.24, 2.45) is 0 Å². The van der Waals surface area contributed by atoms with Gasteiger partial charge in [0.15, 0.2) is 0 Å². The Labute approximate surface area is 295 Å². The lowest BCUT2D eigenvalue weighted by atomic mass is 9.98. The minimum atomic E-state index is -1.96. The summed E-state index contributed by atoms with van der Waals surface area (Å²) in [7, 11) is 2.18. The van der Waals surface area contributed by atoms with Crippen LogP contribution in [0.15, 0.2) is 133 Å². The number of hydrogen-bond acceptors (Lipinski definition) is 7. The first kappa shape index (κ1) is 33.3. The van der Waals surface area contributed by atoms with Crippen molar-refractivity contribution in [3.8, 4) is 56.8 Å². The summed E-state index contributed by atoms with van der Waals surface area (Å²) in [6.45, 7) is 4.03. The molecule has 1 atom stereocenters. The van der Waals surface area contributed by atoms with Crippen LogP contribution in [0.5, 0.6) is 34.5 Å². The van der Waals surface area contributed by atoms with Gasteiger partial charge in [0, 0.05) is 29.0 Å². The van der Waals surface area contributed by atoms with Gasteiger partial charge in [-0.1, -0.05) is 72.8 Å². The fourth-order valence-corrected chi connectivity index (χ4v) is 8.97. The fourth-order valence-electron chi connectivity index (χ4n) is 5.93. The van der Waals surface area contributed by atoms with Crippen LogP contribution in [-0.2, 0) is 0 Å². The Bertz CT molecular complexity index is 2070. The molecule has 7 rings (SSSR count). The normalized spacial score (nSPS) is 13.2. The van der Waals surface area contributed by atoms with Gasteiger partial charge in [0.2, 0.25) is 8.30 Å². The number of para-hydroxylation sites is 3. The van der Waals surface area contributed by atoms with Crippen molar-refractivity contribution in [3.63, 3.8) is 0 Å². The highest BCUT2D eigenvalue weighted by Crippen LogP contribution is 2.56. The van der Waals surface area contributed by atoms with Gasteiger partial charge in [-0.05, 0) is 91.2 Å². The first-order valence-corrected chi connectivity index (χ1v) is 18.5. The summed E-state index contributed by atoms with van der Waals surface area (Å²) in [5.74, 6) is 3.92. The van der Waals surface area contributed by atoms with Crippen LogP contribution >= 0.6 is 16.9 Å². The molecule has 0 saturated carbocycles. The van der Waals surface area contributed by atoms with Gasteiger partial charge in [-0.15, -0.1) is 0 Å². The van der Waals surface area contributed by atoms with Gasteiger partial charge in [0.1, 0.15) is 34.5 Å². The molecule has 0 saturated heterocycles. The van der Waals surface area contributed by atoms with E-state index >= 15 is 0 Å². The largest absolute Gasteiger partial charge is 0.530 e. The quantitative estimate of drug-likeness (QED) is 0.125. The van der Waals surface area contributed by atoms with E-state index in [0.29, 0.717) is 34.5 Å². The van der Waals surface area contributed by atoms with E-state index in [-0.39, 0.29) is 0 Å². The number of rotatable bonds is 11. The second-order valence-corrected chi connectivity index (χ2v) is 14.5. The third-order valence-corrected chi connectivity index (χ3v) is 11.3. The van der Waals surface area contributed by atoms with Crippen molar-refractivity contribution in [2.45, 2.75) is 13.8 Å². The maximum Gasteiger partial charge on any atom is 0.530 e. The summed E-state index contributed by atoms with van der Waals surface area (Å²) < 4.78 is 40.6. The van der Waals surface area contributed by atoms with E-state index in [1.54, 1.807) is 14.2 Å². The Hall–Kier alpha value is -5.22. The lowest BCUT2D eigenvalue weighted by molar-refractivity contribution is 0.385. The summed E-state index contributed by atoms with van der Waals surface area (Å²) in [5, 5.41) is 1.14. The second kappa shape index (κ2) is 14.7. The number of nitrogens with zero attached hydrogens (tertiary/aromatic N) is 1. The molecule has 7 nitrogen and oxygen atoms in total. The first-order chi connectivity index (χ1) is 24.4. The van der Waals surface area contributed by atoms with Gasteiger partial charge in [0.05, 0.1) is 19.9 Å². The molecular formula is C41H37NO6P2. The summed E-state index contributed by atoms with van der Waals surface area (Å²) in [6.07, 6.45) is 0. The summed E-state index contributed by atoms with van der Waals surface area (Å²) in [4.78, 5) is 0. The fraction of sp³-hybridized carbons (Fsp3) is 0.122. The van der Waals surface area contributed by atoms with Crippen molar-refractivity contribution < 1.29 is 27.6 Å². The number of methoxy groups -OCH3 is 2. The van der Waals surface area contributed by atoms with Gasteiger partial charge in [-0.3, -0.25) is 0 Å². The van der Waals surface area contributed by atoms with Crippen molar-refractivity contribution in [1.29, 1.82) is 0 Å². The molecule has 0 spiro atoms. The predicted molar refractivity (Wildman–Crippen MR) is 204 cm³/mol. The zero-order valence-electron chi connectivity index (χ0n) is 28.5. The smallest absolute Gasteiger partial charge is 0.497 e. The predicted octanol–water partition coefficient (Wildman–Crippen LogP) is 10.9. The molecule has 0 amide bonds. The second-order valence-electron chi connectivity index (χ2n) is 11.7. The number of fused-ring (bicyclic) bond motifs is 3. The van der Waals surface area contributed by atoms with E-state index < -0.39 is 16.9 Å². The van der Waals surface area contributed by atoms with Crippen LogP contribution in [0.25, 0.3) is 22.3 Å². The minimum absolute atomic E-state index is 0.580. The first-order valence-electron chi connectivity index (χ1n) is 16.2. The van der Waals surface area contributed by atoms with Gasteiger partial charge in [0.25, 0.3) is 0 Å². The van der Waals surface area contributed by atoms with E-state index in [9.17, 15) is 0 Å². The Morgan fingerprint density at radius 1 is 0.500 bits per heavy atom. The number of anilines is 1. The van der Waals surface area contributed by atoms with Crippen molar-refractivity contribution in [3.05, 3.63) is 145 Å². The lowest BCUT2D eigenvalue weighted by Crippen LogP contribution is -2.27. The molecule has 0 N–H and O–H groups in total. The van der Waals surface area contributed by atoms with Gasteiger partial charge in [-0.2, -0.15) is 0 Å². The van der Waals surface area contributed by atoms with E-state index in [2.05, 4.69) is 60.2 Å². The molecule has 6 aromatic rings. The highest BCUT2D eigenvalue weighted by molar-refractivity contribution is 7.63. The average Bonchev–Trinajstić information content (AvgIpc) is 3.15. The van der Waals surface area contributed by atoms with Gasteiger partial charge in [-0.25, -0.2) is 0 Å². The Kier molecular flexibility index (Phi) is 9.80. The van der Waals surface area contributed by atoms with Crippen LogP contribution in [0.4, 0.5) is 5.69 Å². The zero-order valence-corrected chi connectivity index (χ0v) is 30.3. The molecule has 0 bridgehead atoms. The number of aryl methyl sites for hydroxylation is 2. The molecule has 1 unspecified atom stereocenters. The Balaban J connectivity index is 1.35. The molecule has 252 valence electrons. The van der Waals surface area contributed by atoms with Crippen LogP contribution in [0.2, 0.25) is 0 Å². The van der Waals surface area contributed by atoms with Crippen molar-refractivity contribution in [1.82, 2.24) is 0 Å². The molecule has 0 aliphatic carbocycles. The summed E-state index contributed by atoms with van der Waals surface area (Å²) >= 11 is 0. The van der Waals surface area contributed by atoms with E-state index in [1.165, 1.54) is 11.1 Å². The van der Waals surface area contributed by atoms with Crippen LogP contribution < -0.4 is 37.5 Å². The van der Waals surface area contributed by atoms with Gasteiger partial charge >= 0.3 is 8.60 Å². The molecular weight excluding hydrogens is 664 g/mol. The van der Waals surface area contributed by atoms with Crippen LogP contribution in [-0.4, -0.2) is 21.3 Å². The molecule has 0 fully saturated rings. The SMILES string of the molecule is COc1cc(C)c(OP(Oc2ccccc2)Oc2ccccc2)c(-c2cc(OC)cc(C)c2OP2c3ccccc3-c3ccccc3N2C)c1. The molecule has 0 radical (unpaired) electrons. The maximum absolute atomic E-state index is 7.21. The van der Waals surface area contributed by atoms with E-state index in [0.717, 1.165) is 33.2 Å². The van der Waals surface area contributed by atoms with Crippen LogP contribution in [0, 0.1) is 13.8 Å². The highest BCUT2D eigenvalue weighted by atomic mass is 31.2. The molecule has 9 heteroatoms. The summed E-state index contributed by atoms with van der Waals surface area (Å²) in [6, 6.07) is 43.9. The molecule has 1 aliphatic rings. The zero-order chi connectivity index (χ0) is 34.6. The monoisotopic (exact) mass is 701 g/mol. The van der Waals surface area contributed by atoms with Gasteiger partial charge < -0.3 is 32.2 Å². The molecule has 1 aliphatic heterocycles. The van der Waals surface area contributed by atoms with Crippen molar-refractivity contribution >= 4 is 27.9 Å². The third-order valence-electron chi connectivity index (χ3n) is 8.37. The number of hydrogen-bond donors (Lipinski definition) is 0. The lowest BCUT2D eigenvalue weighted by Gasteiger charge is -2.36. The summed E-state index contributed by atoms with van der Waals surface area (Å²) in [5.41, 5.74) is 6.77. The molecule has 50 heavy (non-hydrogen) atoms. The minimum Gasteiger partial charge on any atom is -0.497 e. The number of benzene rings is 6. The number of ether oxygens (including phenoxy) is 2. The van der Waals surface area contributed by atoms with Crippen LogP contribution in [0.3, 0.4) is 0 Å². The molecule has 1 heterocycles. The molecule has 0 aromatic heterocycles. The van der Waals surface area contributed by atoms with E-state index in [1.807, 2.05) is 98.8 Å². The Morgan fingerprint density at radius 2 is 1.00 bits per heavy atom. The van der Waals surface area contributed by atoms with Crippen LogP contribution in [0.1, 0.15) is 11.1 Å². The van der Waals surface area contributed by atoms with Crippen molar-refractivity contribution in [2.75, 3.05) is 25.9 Å². The standard InChI is InChI=1S/C41H37NO6P2/c1-28-24-32(43-4)26-36(40(28)47-49-39-23-15-13-21-35(39)34-20-12-14-22-38(34)42(49)3)37-27-33(44-5)25-29(2)41(37)48-50(45-30-16-8-6-9-17-30)46-31-18-10-7-11-19-31/h6-27H,1-5H3. The third kappa shape index (κ3) is 6.80. The topological polar surface area (TPSA) is 58.6 Å². The van der Waals surface area contributed by atoms with E-state index in [4.69, 9.17) is 27.6 Å². The highest BCUT2D eigenvalue weighted by Gasteiger charge is 2.33. The maximum atomic E-state index is 7.21.